The fourth-order valence-corrected chi connectivity index (χ4v) is 5.90. The van der Waals surface area contributed by atoms with Crippen LogP contribution >= 0.6 is 0 Å². The van der Waals surface area contributed by atoms with Crippen molar-refractivity contribution in [3.63, 3.8) is 0 Å². The Morgan fingerprint density at radius 3 is 2.43 bits per heavy atom. The van der Waals surface area contributed by atoms with Crippen LogP contribution in [0.2, 0.25) is 0 Å². The maximum atomic E-state index is 13.9. The monoisotopic (exact) mass is 442 g/mol. The van der Waals surface area contributed by atoms with Gasteiger partial charge in [0.25, 0.3) is 0 Å². The number of hydrogen-bond donors (Lipinski definition) is 0. The molecule has 1 unspecified atom stereocenters. The Bertz CT molecular complexity index is 898. The van der Waals surface area contributed by atoms with E-state index in [0.717, 1.165) is 18.2 Å². The summed E-state index contributed by atoms with van der Waals surface area (Å²) in [6, 6.07) is 2.84. The van der Waals surface area contributed by atoms with Gasteiger partial charge in [-0.15, -0.1) is 0 Å². The lowest BCUT2D eigenvalue weighted by Gasteiger charge is -2.37. The van der Waals surface area contributed by atoms with Crippen LogP contribution in [0.15, 0.2) is 18.2 Å². The number of benzene rings is 1. The van der Waals surface area contributed by atoms with Crippen LogP contribution < -0.4 is 0 Å². The van der Waals surface area contributed by atoms with Crippen molar-refractivity contribution in [2.75, 3.05) is 31.9 Å². The number of nitrogens with zero attached hydrogens (tertiary/aromatic N) is 2. The highest BCUT2D eigenvalue weighted by molar-refractivity contribution is 7.89. The van der Waals surface area contributed by atoms with Crippen LogP contribution in [0.25, 0.3) is 0 Å². The summed E-state index contributed by atoms with van der Waals surface area (Å²) in [5, 5.41) is 0. The molecular formula is C21H28F2N2O4S. The molecule has 166 valence electrons. The second-order valence-electron chi connectivity index (χ2n) is 8.10. The third-order valence-electron chi connectivity index (χ3n) is 5.96. The van der Waals surface area contributed by atoms with Gasteiger partial charge >= 0.3 is 0 Å². The average molecular weight is 443 g/mol. The molecule has 2 fully saturated rings. The van der Waals surface area contributed by atoms with Crippen LogP contribution in [-0.2, 0) is 14.8 Å². The fraction of sp³-hybridized carbons (Fsp3) is 0.619. The Morgan fingerprint density at radius 1 is 1.07 bits per heavy atom. The number of ketones is 1. The largest absolute Gasteiger partial charge is 0.342 e. The van der Waals surface area contributed by atoms with E-state index in [1.54, 1.807) is 4.90 Å². The molecule has 0 N–H and O–H groups in total. The molecule has 0 radical (unpaired) electrons. The minimum atomic E-state index is -3.34. The maximum absolute atomic E-state index is 13.9. The summed E-state index contributed by atoms with van der Waals surface area (Å²) in [4.78, 5) is 27.2. The highest BCUT2D eigenvalue weighted by Crippen LogP contribution is 2.27. The van der Waals surface area contributed by atoms with Gasteiger partial charge in [-0.1, -0.05) is 6.92 Å². The molecule has 1 aromatic rings. The minimum absolute atomic E-state index is 0.0814. The summed E-state index contributed by atoms with van der Waals surface area (Å²) < 4.78 is 53.4. The molecule has 9 heteroatoms. The number of carbonyl (C=O) groups excluding carboxylic acids is 2. The van der Waals surface area contributed by atoms with E-state index in [2.05, 4.69) is 0 Å². The van der Waals surface area contributed by atoms with Gasteiger partial charge in [0.15, 0.2) is 5.78 Å². The quantitative estimate of drug-likeness (QED) is 0.635. The van der Waals surface area contributed by atoms with E-state index >= 15 is 0 Å². The Balaban J connectivity index is 1.58. The zero-order chi connectivity index (χ0) is 21.9. The zero-order valence-corrected chi connectivity index (χ0v) is 18.0. The predicted molar refractivity (Wildman–Crippen MR) is 108 cm³/mol. The lowest BCUT2D eigenvalue weighted by atomic mass is 9.87. The molecule has 2 heterocycles. The molecule has 30 heavy (non-hydrogen) atoms. The number of halogens is 2. The highest BCUT2D eigenvalue weighted by atomic mass is 32.2. The van der Waals surface area contributed by atoms with E-state index in [4.69, 9.17) is 0 Å². The molecule has 1 atom stereocenters. The molecule has 3 rings (SSSR count). The lowest BCUT2D eigenvalue weighted by molar-refractivity contribution is -0.138. The second-order valence-corrected chi connectivity index (χ2v) is 10.2. The van der Waals surface area contributed by atoms with Crippen molar-refractivity contribution >= 4 is 21.7 Å². The molecular weight excluding hydrogens is 414 g/mol. The number of carbonyl (C=O) groups is 2. The van der Waals surface area contributed by atoms with Crippen LogP contribution in [0.5, 0.6) is 0 Å². The molecule has 0 aliphatic carbocycles. The molecule has 0 spiro atoms. The average Bonchev–Trinajstić information content (AvgIpc) is 2.74. The standard InChI is InChI=1S/C21H28F2N2O4S/c1-2-12-30(28,29)25-9-3-4-16(14-25)21(27)24-10-7-15(8-11-24)20(26)18-13-17(22)5-6-19(18)23/h5-6,13,15-16H,2-4,7-12,14H2,1H3. The predicted octanol–water partition coefficient (Wildman–Crippen LogP) is 2.84. The minimum Gasteiger partial charge on any atom is -0.342 e. The number of sulfonamides is 1. The summed E-state index contributed by atoms with van der Waals surface area (Å²) in [6.07, 6.45) is 2.58. The van der Waals surface area contributed by atoms with Crippen LogP contribution in [0.4, 0.5) is 8.78 Å². The van der Waals surface area contributed by atoms with Gasteiger partial charge < -0.3 is 4.90 Å². The van der Waals surface area contributed by atoms with Gasteiger partial charge in [-0.2, -0.15) is 0 Å². The second kappa shape index (κ2) is 9.51. The van der Waals surface area contributed by atoms with Gasteiger partial charge in [-0.25, -0.2) is 21.5 Å². The number of rotatable bonds is 6. The summed E-state index contributed by atoms with van der Waals surface area (Å²) in [7, 11) is -3.34. The van der Waals surface area contributed by atoms with Gasteiger partial charge in [0, 0.05) is 32.1 Å². The summed E-state index contributed by atoms with van der Waals surface area (Å²) >= 11 is 0. The Labute approximate surface area is 176 Å². The fourth-order valence-electron chi connectivity index (χ4n) is 4.31. The van der Waals surface area contributed by atoms with Crippen LogP contribution in [-0.4, -0.2) is 61.2 Å². The van der Waals surface area contributed by atoms with E-state index < -0.39 is 33.4 Å². The number of amides is 1. The van der Waals surface area contributed by atoms with Crippen molar-refractivity contribution in [2.24, 2.45) is 11.8 Å². The molecule has 2 aliphatic rings. The van der Waals surface area contributed by atoms with Gasteiger partial charge in [0.2, 0.25) is 15.9 Å². The molecule has 2 saturated heterocycles. The number of likely N-dealkylation sites (tertiary alicyclic amines) is 1. The van der Waals surface area contributed by atoms with Gasteiger partial charge in [0.1, 0.15) is 11.6 Å². The summed E-state index contributed by atoms with van der Waals surface area (Å²) in [5.74, 6) is -2.68. The first-order valence-electron chi connectivity index (χ1n) is 10.5. The number of hydrogen-bond acceptors (Lipinski definition) is 4. The smallest absolute Gasteiger partial charge is 0.227 e. The molecule has 0 aromatic heterocycles. The topological polar surface area (TPSA) is 74.8 Å². The first kappa shape index (κ1) is 22.8. The van der Waals surface area contributed by atoms with E-state index in [1.807, 2.05) is 6.92 Å². The van der Waals surface area contributed by atoms with Crippen molar-refractivity contribution in [3.05, 3.63) is 35.4 Å². The highest BCUT2D eigenvalue weighted by Gasteiger charge is 2.36. The van der Waals surface area contributed by atoms with Crippen LogP contribution in [0.3, 0.4) is 0 Å². The first-order chi connectivity index (χ1) is 14.2. The molecule has 0 bridgehead atoms. The first-order valence-corrected chi connectivity index (χ1v) is 12.1. The van der Waals surface area contributed by atoms with Crippen molar-refractivity contribution < 1.29 is 26.8 Å². The third-order valence-corrected chi connectivity index (χ3v) is 8.00. The number of Topliss-reactive ketones (excluding diaryl/α,β-unsaturated/α-hetero) is 1. The van der Waals surface area contributed by atoms with Crippen molar-refractivity contribution in [1.29, 1.82) is 0 Å². The number of piperidine rings is 2. The summed E-state index contributed by atoms with van der Waals surface area (Å²) in [6.45, 7) is 3.16. The Morgan fingerprint density at radius 2 is 1.77 bits per heavy atom. The third kappa shape index (κ3) is 5.06. The molecule has 0 saturated carbocycles. The van der Waals surface area contributed by atoms with Crippen LogP contribution in [0.1, 0.15) is 49.4 Å². The van der Waals surface area contributed by atoms with Gasteiger partial charge in [0.05, 0.1) is 17.2 Å². The van der Waals surface area contributed by atoms with Gasteiger partial charge in [-0.3, -0.25) is 9.59 Å². The SMILES string of the molecule is CCCS(=O)(=O)N1CCCC(C(=O)N2CCC(C(=O)c3cc(F)ccc3F)CC2)C1. The summed E-state index contributed by atoms with van der Waals surface area (Å²) in [5.41, 5.74) is -0.246. The van der Waals surface area contributed by atoms with Crippen molar-refractivity contribution in [2.45, 2.75) is 39.0 Å². The Hall–Kier alpha value is -1.87. The van der Waals surface area contributed by atoms with Gasteiger partial charge in [-0.05, 0) is 50.3 Å². The maximum Gasteiger partial charge on any atom is 0.227 e. The van der Waals surface area contributed by atoms with Crippen molar-refractivity contribution in [1.82, 2.24) is 9.21 Å². The van der Waals surface area contributed by atoms with E-state index in [1.165, 1.54) is 4.31 Å². The molecule has 1 aromatic carbocycles. The lowest BCUT2D eigenvalue weighted by Crippen LogP contribution is -2.49. The zero-order valence-electron chi connectivity index (χ0n) is 17.1. The molecule has 1 amide bonds. The van der Waals surface area contributed by atoms with Crippen LogP contribution in [0, 0.1) is 23.5 Å². The van der Waals surface area contributed by atoms with Crippen molar-refractivity contribution in [3.8, 4) is 0 Å². The van der Waals surface area contributed by atoms with E-state index in [-0.39, 0.29) is 29.7 Å². The van der Waals surface area contributed by atoms with E-state index in [9.17, 15) is 26.8 Å². The molecule has 2 aliphatic heterocycles. The molecule has 6 nitrogen and oxygen atoms in total. The normalized spacial score (nSPS) is 21.6. The van der Waals surface area contributed by atoms with E-state index in [0.29, 0.717) is 51.7 Å². The Kier molecular flexibility index (Phi) is 7.23.